The van der Waals surface area contributed by atoms with Crippen molar-refractivity contribution in [1.82, 2.24) is 14.9 Å². The van der Waals surface area contributed by atoms with Crippen molar-refractivity contribution in [3.8, 4) is 0 Å². The van der Waals surface area contributed by atoms with Gasteiger partial charge in [-0.05, 0) is 43.7 Å². The molecule has 31 heavy (non-hydrogen) atoms. The van der Waals surface area contributed by atoms with Crippen LogP contribution in [-0.2, 0) is 6.18 Å². The summed E-state index contributed by atoms with van der Waals surface area (Å²) in [5.74, 6) is -1.72. The lowest BCUT2D eigenvalue weighted by molar-refractivity contribution is -0.138. The summed E-state index contributed by atoms with van der Waals surface area (Å²) in [7, 11) is 0. The molecule has 0 radical (unpaired) electrons. The van der Waals surface area contributed by atoms with E-state index < -0.39 is 29.1 Å². The number of alkyl halides is 3. The quantitative estimate of drug-likeness (QED) is 0.380. The van der Waals surface area contributed by atoms with E-state index in [-0.39, 0.29) is 27.4 Å². The topological polar surface area (TPSA) is 101 Å². The molecule has 2 heterocycles. The molecule has 3 N–H and O–H groups in total. The van der Waals surface area contributed by atoms with Crippen LogP contribution in [0.2, 0.25) is 5.15 Å². The van der Waals surface area contributed by atoms with E-state index in [4.69, 9.17) is 17.3 Å². The maximum Gasteiger partial charge on any atom is 0.417 e. The van der Waals surface area contributed by atoms with Gasteiger partial charge in [0.05, 0.1) is 11.1 Å². The van der Waals surface area contributed by atoms with Gasteiger partial charge in [-0.3, -0.25) is 9.59 Å². The van der Waals surface area contributed by atoms with Crippen molar-refractivity contribution >= 4 is 46.7 Å². The summed E-state index contributed by atoms with van der Waals surface area (Å²) in [4.78, 5) is 33.9. The van der Waals surface area contributed by atoms with Crippen LogP contribution in [0.25, 0.3) is 0 Å². The number of piperidine rings is 1. The summed E-state index contributed by atoms with van der Waals surface area (Å²) in [6.07, 6.45) is -0.634. The number of nitrogens with zero attached hydrogens (tertiary/aromatic N) is 3. The Morgan fingerprint density at radius 1 is 1.19 bits per heavy atom. The number of thioether (sulfide) groups is 1. The average Bonchev–Trinajstić information content (AvgIpc) is 2.72. The van der Waals surface area contributed by atoms with Gasteiger partial charge in [0, 0.05) is 18.8 Å². The van der Waals surface area contributed by atoms with E-state index in [1.54, 1.807) is 6.26 Å². The highest BCUT2D eigenvalue weighted by atomic mass is 35.5. The Hall–Kier alpha value is -2.53. The number of aromatic nitrogens is 2. The van der Waals surface area contributed by atoms with E-state index in [0.717, 1.165) is 43.2 Å². The molecule has 0 saturated carbocycles. The lowest BCUT2D eigenvalue weighted by Crippen LogP contribution is -2.36. The Labute approximate surface area is 185 Å². The van der Waals surface area contributed by atoms with E-state index in [2.05, 4.69) is 15.3 Å². The highest BCUT2D eigenvalue weighted by Gasteiger charge is 2.37. The van der Waals surface area contributed by atoms with Gasteiger partial charge in [0.15, 0.2) is 5.16 Å². The Balaban J connectivity index is 2.01. The number of nitrogens with two attached hydrogens (primary N) is 1. The maximum absolute atomic E-state index is 13.8. The first-order chi connectivity index (χ1) is 14.6. The highest BCUT2D eigenvalue weighted by molar-refractivity contribution is 7.98. The van der Waals surface area contributed by atoms with Crippen molar-refractivity contribution in [3.05, 3.63) is 40.0 Å². The van der Waals surface area contributed by atoms with Gasteiger partial charge in [-0.2, -0.15) is 13.2 Å². The van der Waals surface area contributed by atoms with Crippen molar-refractivity contribution in [2.75, 3.05) is 24.7 Å². The molecule has 1 aliphatic heterocycles. The zero-order chi connectivity index (χ0) is 22.8. The summed E-state index contributed by atoms with van der Waals surface area (Å²) in [5.41, 5.74) is 3.53. The number of likely N-dealkylation sites (tertiary alicyclic amines) is 1. The van der Waals surface area contributed by atoms with Crippen LogP contribution in [0.5, 0.6) is 0 Å². The van der Waals surface area contributed by atoms with Crippen LogP contribution >= 0.6 is 23.4 Å². The molecule has 0 unspecified atom stereocenters. The van der Waals surface area contributed by atoms with Crippen LogP contribution in [0, 0.1) is 0 Å². The highest BCUT2D eigenvalue weighted by Crippen LogP contribution is 2.36. The molecule has 12 heteroatoms. The molecule has 1 fully saturated rings. The molecule has 2 amide bonds. The Bertz CT molecular complexity index is 1010. The monoisotopic (exact) mass is 473 g/mol. The van der Waals surface area contributed by atoms with Gasteiger partial charge < -0.3 is 16.0 Å². The molecule has 0 spiro atoms. The summed E-state index contributed by atoms with van der Waals surface area (Å²) in [6.45, 7) is 0.851. The summed E-state index contributed by atoms with van der Waals surface area (Å²) < 4.78 is 41.3. The van der Waals surface area contributed by atoms with Crippen LogP contribution in [0.15, 0.2) is 23.4 Å². The number of halogens is 4. The van der Waals surface area contributed by atoms with E-state index in [1.165, 1.54) is 11.0 Å². The number of nitrogens with one attached hydrogen (secondary N) is 1. The Morgan fingerprint density at radius 2 is 1.87 bits per heavy atom. The molecule has 166 valence electrons. The van der Waals surface area contributed by atoms with E-state index >= 15 is 0 Å². The summed E-state index contributed by atoms with van der Waals surface area (Å²) in [5, 5.41) is 2.63. The minimum atomic E-state index is -4.77. The zero-order valence-corrected chi connectivity index (χ0v) is 18.0. The molecule has 1 saturated heterocycles. The van der Waals surface area contributed by atoms with Crippen LogP contribution in [-0.4, -0.2) is 46.0 Å². The van der Waals surface area contributed by atoms with Gasteiger partial charge in [-0.1, -0.05) is 23.4 Å². The maximum atomic E-state index is 13.8. The van der Waals surface area contributed by atoms with E-state index in [9.17, 15) is 22.8 Å². The fourth-order valence-electron chi connectivity index (χ4n) is 3.26. The van der Waals surface area contributed by atoms with Crippen LogP contribution in [0.1, 0.15) is 45.5 Å². The van der Waals surface area contributed by atoms with Crippen LogP contribution in [0.3, 0.4) is 0 Å². The minimum Gasteiger partial charge on any atom is -0.365 e. The van der Waals surface area contributed by atoms with Crippen LogP contribution < -0.4 is 11.1 Å². The van der Waals surface area contributed by atoms with Crippen molar-refractivity contribution < 1.29 is 22.8 Å². The first-order valence-electron chi connectivity index (χ1n) is 9.30. The largest absolute Gasteiger partial charge is 0.417 e. The van der Waals surface area contributed by atoms with Crippen LogP contribution in [0.4, 0.5) is 24.7 Å². The number of amides is 2. The molecule has 7 nitrogen and oxygen atoms in total. The van der Waals surface area contributed by atoms with Gasteiger partial charge in [-0.25, -0.2) is 9.97 Å². The molecule has 2 aromatic rings. The third-order valence-electron chi connectivity index (χ3n) is 4.73. The van der Waals surface area contributed by atoms with Gasteiger partial charge in [0.25, 0.3) is 11.8 Å². The van der Waals surface area contributed by atoms with Crippen molar-refractivity contribution in [2.24, 2.45) is 5.73 Å². The third-order valence-corrected chi connectivity index (χ3v) is 5.56. The smallest absolute Gasteiger partial charge is 0.365 e. The fourth-order valence-corrected chi connectivity index (χ4v) is 3.94. The summed E-state index contributed by atoms with van der Waals surface area (Å²) in [6, 6.07) is 3.23. The lowest BCUT2D eigenvalue weighted by Gasteiger charge is -2.28. The SMILES string of the molecule is CSc1nc(Cl)c(C(N)=O)c(Nc2ccc(C(=O)N3CCCCC3)c(C(F)(F)F)c2)n1. The first-order valence-corrected chi connectivity index (χ1v) is 10.9. The Morgan fingerprint density at radius 3 is 2.45 bits per heavy atom. The zero-order valence-electron chi connectivity index (χ0n) is 16.4. The van der Waals surface area contributed by atoms with Crippen molar-refractivity contribution in [1.29, 1.82) is 0 Å². The van der Waals surface area contributed by atoms with Gasteiger partial charge in [0.1, 0.15) is 16.5 Å². The molecular weight excluding hydrogens is 455 g/mol. The van der Waals surface area contributed by atoms with Crippen molar-refractivity contribution in [2.45, 2.75) is 30.6 Å². The number of benzene rings is 1. The number of hydrogen-bond donors (Lipinski definition) is 2. The predicted octanol–water partition coefficient (Wildman–Crippen LogP) is 4.34. The molecule has 0 bridgehead atoms. The number of anilines is 2. The second-order valence-electron chi connectivity index (χ2n) is 6.82. The van der Waals surface area contributed by atoms with Gasteiger partial charge >= 0.3 is 6.18 Å². The first kappa shape index (κ1) is 23.1. The molecule has 1 aliphatic rings. The number of carbonyl (C=O) groups excluding carboxylic acids is 2. The number of carbonyl (C=O) groups is 2. The van der Waals surface area contributed by atoms with E-state index in [0.29, 0.717) is 13.1 Å². The summed E-state index contributed by atoms with van der Waals surface area (Å²) >= 11 is 7.12. The molecular formula is C19H19ClF3N5O2S. The molecule has 1 aromatic carbocycles. The molecule has 0 aliphatic carbocycles. The average molecular weight is 474 g/mol. The Kier molecular flexibility index (Phi) is 6.95. The van der Waals surface area contributed by atoms with E-state index in [1.807, 2.05) is 0 Å². The standard InChI is InChI=1S/C19H19ClF3N5O2S/c1-31-18-26-14(20)13(15(24)29)16(27-18)25-10-5-6-11(12(9-10)19(21,22)23)17(30)28-7-3-2-4-8-28/h5-6,9H,2-4,7-8H2,1H3,(H2,24,29)(H,25,26,27). The fraction of sp³-hybridized carbons (Fsp3) is 0.368. The lowest BCUT2D eigenvalue weighted by atomic mass is 10.0. The molecule has 3 rings (SSSR count). The number of rotatable bonds is 5. The molecule has 1 aromatic heterocycles. The number of hydrogen-bond acceptors (Lipinski definition) is 6. The minimum absolute atomic E-state index is 0.0353. The second kappa shape index (κ2) is 9.31. The predicted molar refractivity (Wildman–Crippen MR) is 112 cm³/mol. The number of primary amides is 1. The van der Waals surface area contributed by atoms with Gasteiger partial charge in [-0.15, -0.1) is 0 Å². The normalized spacial score (nSPS) is 14.4. The van der Waals surface area contributed by atoms with Gasteiger partial charge in [0.2, 0.25) is 0 Å². The molecule has 0 atom stereocenters. The third kappa shape index (κ3) is 5.21. The second-order valence-corrected chi connectivity index (χ2v) is 7.96. The van der Waals surface area contributed by atoms with Crippen molar-refractivity contribution in [3.63, 3.8) is 0 Å².